The van der Waals surface area contributed by atoms with Crippen LogP contribution in [0.2, 0.25) is 0 Å². The molecule has 0 bridgehead atoms. The minimum Gasteiger partial charge on any atom is -0.443 e. The molecule has 1 aromatic rings. The van der Waals surface area contributed by atoms with E-state index >= 15 is 0 Å². The summed E-state index contributed by atoms with van der Waals surface area (Å²) in [5, 5.41) is 2.81. The molecule has 90 valence electrons. The van der Waals surface area contributed by atoms with Crippen LogP contribution in [0.3, 0.4) is 0 Å². The Balaban J connectivity index is 0.000000239. The number of benzene rings is 1. The number of ether oxygens (including phenoxy) is 1. The van der Waals surface area contributed by atoms with E-state index in [9.17, 15) is 9.59 Å². The maximum absolute atomic E-state index is 10.9. The largest absolute Gasteiger partial charge is 0.443 e. The van der Waals surface area contributed by atoms with Crippen molar-refractivity contribution in [2.75, 3.05) is 0 Å². The van der Waals surface area contributed by atoms with Crippen LogP contribution < -0.4 is 5.32 Å². The zero-order chi connectivity index (χ0) is 12.3. The highest BCUT2D eigenvalue weighted by molar-refractivity contribution is 5.71. The van der Waals surface area contributed by atoms with E-state index in [0.29, 0.717) is 6.42 Å². The number of nitrogens with one attached hydrogen (secondary N) is 1. The third-order valence-corrected chi connectivity index (χ3v) is 2.88. The molecule has 0 spiro atoms. The van der Waals surface area contributed by atoms with Gasteiger partial charge in [-0.05, 0) is 11.1 Å². The summed E-state index contributed by atoms with van der Waals surface area (Å²) >= 11 is 0. The van der Waals surface area contributed by atoms with Crippen molar-refractivity contribution in [3.05, 3.63) is 35.4 Å². The quantitative estimate of drug-likeness (QED) is 0.755. The lowest BCUT2D eigenvalue weighted by atomic mass is 10.1. The number of carbonyl (C=O) groups excluding carboxylic acids is 2. The molecule has 2 unspecified atom stereocenters. The van der Waals surface area contributed by atoms with E-state index in [0.717, 1.165) is 12.7 Å². The first-order chi connectivity index (χ1) is 8.26. The molecular formula is C13H15NO3. The minimum atomic E-state index is -0.287. The number of alkyl carbamates (subject to hydrolysis) is 1. The van der Waals surface area contributed by atoms with Gasteiger partial charge in [0, 0.05) is 12.8 Å². The summed E-state index contributed by atoms with van der Waals surface area (Å²) in [6.45, 7) is 1.81. The van der Waals surface area contributed by atoms with Gasteiger partial charge in [0.05, 0.1) is 6.04 Å². The molecule has 2 atom stereocenters. The van der Waals surface area contributed by atoms with Gasteiger partial charge in [0.1, 0.15) is 12.4 Å². The van der Waals surface area contributed by atoms with Crippen molar-refractivity contribution in [3.8, 4) is 0 Å². The summed E-state index contributed by atoms with van der Waals surface area (Å²) in [4.78, 5) is 20.1. The molecular weight excluding hydrogens is 218 g/mol. The Hall–Kier alpha value is -1.84. The fourth-order valence-electron chi connectivity index (χ4n) is 2.14. The van der Waals surface area contributed by atoms with Crippen molar-refractivity contribution in [1.82, 2.24) is 5.32 Å². The molecule has 1 N–H and O–H groups in total. The Labute approximate surface area is 100.0 Å². The summed E-state index contributed by atoms with van der Waals surface area (Å²) in [7, 11) is 0. The highest BCUT2D eigenvalue weighted by Gasteiger charge is 2.41. The fourth-order valence-corrected chi connectivity index (χ4v) is 2.14. The van der Waals surface area contributed by atoms with Crippen LogP contribution >= 0.6 is 0 Å². The van der Waals surface area contributed by atoms with Gasteiger partial charge < -0.3 is 14.8 Å². The number of hydrogen-bond acceptors (Lipinski definition) is 3. The summed E-state index contributed by atoms with van der Waals surface area (Å²) in [6.07, 6.45) is 2.09. The molecule has 1 amide bonds. The van der Waals surface area contributed by atoms with Gasteiger partial charge in [-0.3, -0.25) is 0 Å². The molecule has 1 aromatic carbocycles. The number of amides is 1. The molecule has 4 heteroatoms. The maximum Gasteiger partial charge on any atom is 0.408 e. The van der Waals surface area contributed by atoms with E-state index < -0.39 is 0 Å². The molecule has 0 aromatic heterocycles. The summed E-state index contributed by atoms with van der Waals surface area (Å²) in [5.74, 6) is 0. The molecule has 1 saturated heterocycles. The molecule has 1 fully saturated rings. The Kier molecular flexibility index (Phi) is 3.42. The van der Waals surface area contributed by atoms with Crippen LogP contribution in [-0.2, 0) is 16.0 Å². The molecule has 1 aliphatic heterocycles. The zero-order valence-corrected chi connectivity index (χ0v) is 9.68. The predicted octanol–water partition coefficient (Wildman–Crippen LogP) is 1.99. The SMILES string of the molecule is CCC=O.O=C1NC2c3ccccc3CC2O1. The highest BCUT2D eigenvalue weighted by Crippen LogP contribution is 2.36. The average molecular weight is 233 g/mol. The van der Waals surface area contributed by atoms with Crippen molar-refractivity contribution in [3.63, 3.8) is 0 Å². The Morgan fingerprint density at radius 1 is 1.47 bits per heavy atom. The van der Waals surface area contributed by atoms with Crippen molar-refractivity contribution in [2.45, 2.75) is 31.9 Å². The van der Waals surface area contributed by atoms with Crippen LogP contribution in [0.15, 0.2) is 24.3 Å². The van der Waals surface area contributed by atoms with Crippen LogP contribution in [0.5, 0.6) is 0 Å². The monoisotopic (exact) mass is 233 g/mol. The first-order valence-electron chi connectivity index (χ1n) is 5.74. The predicted molar refractivity (Wildman–Crippen MR) is 62.6 cm³/mol. The standard InChI is InChI=1S/C10H9NO2.C3H6O/c12-10-11-9-7-4-2-1-3-6(7)5-8(9)13-10;1-2-3-4/h1-4,8-9H,5H2,(H,11,12);3H,2H2,1H3. The second kappa shape index (κ2) is 4.99. The smallest absolute Gasteiger partial charge is 0.408 e. The lowest BCUT2D eigenvalue weighted by Crippen LogP contribution is -2.18. The Morgan fingerprint density at radius 3 is 2.88 bits per heavy atom. The van der Waals surface area contributed by atoms with E-state index in [1.54, 1.807) is 0 Å². The van der Waals surface area contributed by atoms with Gasteiger partial charge >= 0.3 is 6.09 Å². The Bertz CT molecular complexity index is 430. The number of rotatable bonds is 1. The zero-order valence-electron chi connectivity index (χ0n) is 9.68. The average Bonchev–Trinajstić information content (AvgIpc) is 2.85. The lowest BCUT2D eigenvalue weighted by molar-refractivity contribution is -0.107. The first kappa shape index (κ1) is 11.6. The second-order valence-corrected chi connectivity index (χ2v) is 4.04. The number of carbonyl (C=O) groups is 2. The van der Waals surface area contributed by atoms with Crippen LogP contribution in [0, 0.1) is 0 Å². The van der Waals surface area contributed by atoms with Crippen LogP contribution in [-0.4, -0.2) is 18.5 Å². The Morgan fingerprint density at radius 2 is 2.18 bits per heavy atom. The molecule has 0 saturated carbocycles. The molecule has 17 heavy (non-hydrogen) atoms. The van der Waals surface area contributed by atoms with Gasteiger partial charge in [0.25, 0.3) is 0 Å². The second-order valence-electron chi connectivity index (χ2n) is 4.04. The molecule has 3 rings (SSSR count). The molecule has 2 aliphatic rings. The number of aldehydes is 1. The van der Waals surface area contributed by atoms with E-state index in [4.69, 9.17) is 4.74 Å². The first-order valence-corrected chi connectivity index (χ1v) is 5.74. The minimum absolute atomic E-state index is 0.0184. The van der Waals surface area contributed by atoms with Gasteiger partial charge in [-0.1, -0.05) is 31.2 Å². The highest BCUT2D eigenvalue weighted by atomic mass is 16.6. The summed E-state index contributed by atoms with van der Waals surface area (Å²) < 4.78 is 5.12. The van der Waals surface area contributed by atoms with Crippen LogP contribution in [0.4, 0.5) is 4.79 Å². The van der Waals surface area contributed by atoms with E-state index in [2.05, 4.69) is 17.4 Å². The van der Waals surface area contributed by atoms with Gasteiger partial charge in [0.15, 0.2) is 0 Å². The van der Waals surface area contributed by atoms with E-state index in [1.807, 2.05) is 19.1 Å². The molecule has 1 heterocycles. The lowest BCUT2D eigenvalue weighted by Gasteiger charge is -2.05. The number of fused-ring (bicyclic) bond motifs is 3. The summed E-state index contributed by atoms with van der Waals surface area (Å²) in [6, 6.07) is 8.23. The maximum atomic E-state index is 10.9. The topological polar surface area (TPSA) is 55.4 Å². The van der Waals surface area contributed by atoms with E-state index in [-0.39, 0.29) is 18.2 Å². The van der Waals surface area contributed by atoms with Crippen molar-refractivity contribution >= 4 is 12.4 Å². The van der Waals surface area contributed by atoms with Gasteiger partial charge in [-0.2, -0.15) is 0 Å². The van der Waals surface area contributed by atoms with Crippen LogP contribution in [0.25, 0.3) is 0 Å². The fraction of sp³-hybridized carbons (Fsp3) is 0.385. The van der Waals surface area contributed by atoms with Crippen molar-refractivity contribution < 1.29 is 14.3 Å². The van der Waals surface area contributed by atoms with E-state index in [1.165, 1.54) is 11.1 Å². The normalized spacial score (nSPS) is 23.7. The molecule has 0 radical (unpaired) electrons. The molecule has 4 nitrogen and oxygen atoms in total. The molecule has 1 aliphatic carbocycles. The van der Waals surface area contributed by atoms with Gasteiger partial charge in [-0.25, -0.2) is 4.79 Å². The third-order valence-electron chi connectivity index (χ3n) is 2.88. The summed E-state index contributed by atoms with van der Waals surface area (Å²) in [5.41, 5.74) is 2.50. The number of hydrogen-bond donors (Lipinski definition) is 1. The van der Waals surface area contributed by atoms with Crippen molar-refractivity contribution in [1.29, 1.82) is 0 Å². The van der Waals surface area contributed by atoms with Crippen LogP contribution in [0.1, 0.15) is 30.5 Å². The van der Waals surface area contributed by atoms with Crippen molar-refractivity contribution in [2.24, 2.45) is 0 Å². The van der Waals surface area contributed by atoms with Gasteiger partial charge in [0.2, 0.25) is 0 Å². The third kappa shape index (κ3) is 2.30. The van der Waals surface area contributed by atoms with Gasteiger partial charge in [-0.15, -0.1) is 0 Å².